The van der Waals surface area contributed by atoms with Gasteiger partial charge in [-0.05, 0) is 48.8 Å². The van der Waals surface area contributed by atoms with Crippen molar-refractivity contribution >= 4 is 5.91 Å². The Bertz CT molecular complexity index is 921. The third-order valence-electron chi connectivity index (χ3n) is 5.29. The van der Waals surface area contributed by atoms with Gasteiger partial charge in [-0.1, -0.05) is 24.3 Å². The van der Waals surface area contributed by atoms with Crippen LogP contribution in [0.5, 0.6) is 0 Å². The van der Waals surface area contributed by atoms with Crippen LogP contribution < -0.4 is 10.9 Å². The molecule has 3 atom stereocenters. The van der Waals surface area contributed by atoms with E-state index in [4.69, 9.17) is 0 Å². The second kappa shape index (κ2) is 6.86. The van der Waals surface area contributed by atoms with Crippen LogP contribution >= 0.6 is 0 Å². The molecule has 1 saturated carbocycles. The first-order valence-electron chi connectivity index (χ1n) is 8.88. The minimum Gasteiger partial charge on any atom is -0.354 e. The van der Waals surface area contributed by atoms with Crippen molar-refractivity contribution in [3.8, 4) is 11.3 Å². The summed E-state index contributed by atoms with van der Waals surface area (Å²) in [7, 11) is 0. The number of hydrogen-bond donors (Lipinski definition) is 1. The Morgan fingerprint density at radius 3 is 2.77 bits per heavy atom. The molecule has 0 saturated heterocycles. The zero-order chi connectivity index (χ0) is 18.1. The second-order valence-electron chi connectivity index (χ2n) is 7.04. The third kappa shape index (κ3) is 3.31. The van der Waals surface area contributed by atoms with Crippen LogP contribution in [-0.2, 0) is 11.3 Å². The Morgan fingerprint density at radius 1 is 1.19 bits per heavy atom. The van der Waals surface area contributed by atoms with E-state index in [1.54, 1.807) is 18.2 Å². The molecule has 1 fully saturated rings. The third-order valence-corrected chi connectivity index (χ3v) is 5.29. The molecule has 0 aliphatic heterocycles. The number of allylic oxidation sites excluding steroid dienone is 2. The van der Waals surface area contributed by atoms with Gasteiger partial charge in [0.05, 0.1) is 5.69 Å². The maximum Gasteiger partial charge on any atom is 0.267 e. The Balaban J connectivity index is 1.43. The number of benzene rings is 1. The molecule has 134 valence electrons. The van der Waals surface area contributed by atoms with Crippen molar-refractivity contribution in [3.05, 3.63) is 64.7 Å². The molecule has 2 aliphatic carbocycles. The molecule has 6 heteroatoms. The molecule has 1 heterocycles. The molecule has 0 spiro atoms. The highest BCUT2D eigenvalue weighted by Gasteiger charge is 2.35. The molecule has 1 aromatic heterocycles. The van der Waals surface area contributed by atoms with Crippen LogP contribution in [0, 0.1) is 23.6 Å². The van der Waals surface area contributed by atoms with Gasteiger partial charge in [0.2, 0.25) is 5.91 Å². The first kappa shape index (κ1) is 16.7. The van der Waals surface area contributed by atoms with Gasteiger partial charge in [-0.25, -0.2) is 9.07 Å². The average molecular weight is 353 g/mol. The van der Waals surface area contributed by atoms with E-state index in [0.29, 0.717) is 35.6 Å². The molecule has 2 aromatic rings. The number of aromatic nitrogens is 2. The average Bonchev–Trinajstić information content (AvgIpc) is 3.25. The Kier molecular flexibility index (Phi) is 4.41. The highest BCUT2D eigenvalue weighted by Crippen LogP contribution is 2.42. The van der Waals surface area contributed by atoms with E-state index >= 15 is 0 Å². The lowest BCUT2D eigenvalue weighted by Gasteiger charge is -2.18. The lowest BCUT2D eigenvalue weighted by atomic mass is 9.94. The minimum absolute atomic E-state index is 0.169. The van der Waals surface area contributed by atoms with Crippen LogP contribution in [0.15, 0.2) is 53.3 Å². The number of carbonyl (C=O) groups excluding carboxylic acids is 1. The van der Waals surface area contributed by atoms with Gasteiger partial charge in [0.25, 0.3) is 5.56 Å². The van der Waals surface area contributed by atoms with Crippen LogP contribution in [0.2, 0.25) is 0 Å². The first-order chi connectivity index (χ1) is 12.6. The normalized spacial score (nSPS) is 23.3. The quantitative estimate of drug-likeness (QED) is 0.840. The predicted octanol–water partition coefficient (Wildman–Crippen LogP) is 2.38. The lowest BCUT2D eigenvalue weighted by molar-refractivity contribution is -0.122. The molecule has 26 heavy (non-hydrogen) atoms. The fraction of sp³-hybridized carbons (Fsp3) is 0.350. The van der Waals surface area contributed by atoms with Gasteiger partial charge in [-0.15, -0.1) is 0 Å². The fourth-order valence-electron chi connectivity index (χ4n) is 3.94. The summed E-state index contributed by atoms with van der Waals surface area (Å²) in [5.41, 5.74) is 0.243. The summed E-state index contributed by atoms with van der Waals surface area (Å²) < 4.78 is 15.0. The number of nitrogens with zero attached hydrogens (tertiary/aromatic N) is 2. The standard InChI is InChI=1S/C20H20FN3O2/c21-17-4-2-1-3-16(17)18-7-8-20(26)24(23-18)12-19(25)22-11-15-10-13-5-6-14(15)9-13/h1-8,13-15H,9-12H2,(H,22,25). The van der Waals surface area contributed by atoms with Crippen LogP contribution in [0.1, 0.15) is 12.8 Å². The molecular weight excluding hydrogens is 333 g/mol. The predicted molar refractivity (Wildman–Crippen MR) is 95.7 cm³/mol. The van der Waals surface area contributed by atoms with Crippen molar-refractivity contribution in [2.24, 2.45) is 17.8 Å². The number of halogens is 1. The number of rotatable bonds is 5. The van der Waals surface area contributed by atoms with Gasteiger partial charge < -0.3 is 5.32 Å². The number of carbonyl (C=O) groups is 1. The molecule has 3 unspecified atom stereocenters. The van der Waals surface area contributed by atoms with Crippen LogP contribution in [-0.4, -0.2) is 22.2 Å². The smallest absolute Gasteiger partial charge is 0.267 e. The number of fused-ring (bicyclic) bond motifs is 2. The maximum absolute atomic E-state index is 13.9. The van der Waals surface area contributed by atoms with Crippen LogP contribution in [0.3, 0.4) is 0 Å². The first-order valence-corrected chi connectivity index (χ1v) is 8.88. The van der Waals surface area contributed by atoms with Crippen molar-refractivity contribution in [2.45, 2.75) is 19.4 Å². The topological polar surface area (TPSA) is 64.0 Å². The van der Waals surface area contributed by atoms with E-state index in [-0.39, 0.29) is 18.0 Å². The molecular formula is C20H20FN3O2. The second-order valence-corrected chi connectivity index (χ2v) is 7.04. The Labute approximate surface area is 150 Å². The lowest BCUT2D eigenvalue weighted by Crippen LogP contribution is -2.36. The van der Waals surface area contributed by atoms with Gasteiger partial charge in [0.15, 0.2) is 0 Å². The van der Waals surface area contributed by atoms with E-state index in [0.717, 1.165) is 11.1 Å². The molecule has 5 nitrogen and oxygen atoms in total. The zero-order valence-corrected chi connectivity index (χ0v) is 14.3. The summed E-state index contributed by atoms with van der Waals surface area (Å²) in [6.45, 7) is 0.448. The fourth-order valence-corrected chi connectivity index (χ4v) is 3.94. The van der Waals surface area contributed by atoms with Gasteiger partial charge in [-0.3, -0.25) is 9.59 Å². The number of hydrogen-bond acceptors (Lipinski definition) is 3. The summed E-state index contributed by atoms with van der Waals surface area (Å²) in [4.78, 5) is 24.2. The molecule has 1 N–H and O–H groups in total. The highest BCUT2D eigenvalue weighted by molar-refractivity contribution is 5.75. The minimum atomic E-state index is -0.418. The van der Waals surface area contributed by atoms with E-state index in [1.807, 2.05) is 0 Å². The molecule has 2 aliphatic rings. The summed E-state index contributed by atoms with van der Waals surface area (Å²) in [5, 5.41) is 7.06. The summed E-state index contributed by atoms with van der Waals surface area (Å²) >= 11 is 0. The van der Waals surface area contributed by atoms with Crippen molar-refractivity contribution in [3.63, 3.8) is 0 Å². The van der Waals surface area contributed by atoms with Gasteiger partial charge >= 0.3 is 0 Å². The SMILES string of the molecule is O=C(Cn1nc(-c2ccccc2F)ccc1=O)NCC1CC2C=CC1C2. The van der Waals surface area contributed by atoms with E-state index in [2.05, 4.69) is 22.6 Å². The van der Waals surface area contributed by atoms with Crippen LogP contribution in [0.25, 0.3) is 11.3 Å². The summed E-state index contributed by atoms with van der Waals surface area (Å²) in [5.74, 6) is 1.02. The largest absolute Gasteiger partial charge is 0.354 e. The summed E-state index contributed by atoms with van der Waals surface area (Å²) in [6.07, 6.45) is 6.81. The van der Waals surface area contributed by atoms with E-state index < -0.39 is 5.82 Å². The Morgan fingerprint density at radius 2 is 2.04 bits per heavy atom. The van der Waals surface area contributed by atoms with Crippen molar-refractivity contribution in [1.29, 1.82) is 0 Å². The van der Waals surface area contributed by atoms with Gasteiger partial charge in [-0.2, -0.15) is 5.10 Å². The van der Waals surface area contributed by atoms with E-state index in [1.165, 1.54) is 24.6 Å². The molecule has 4 rings (SSSR count). The molecule has 1 aromatic carbocycles. The van der Waals surface area contributed by atoms with Crippen molar-refractivity contribution in [2.75, 3.05) is 6.54 Å². The molecule has 2 bridgehead atoms. The van der Waals surface area contributed by atoms with Gasteiger partial charge in [0, 0.05) is 18.2 Å². The van der Waals surface area contributed by atoms with Crippen molar-refractivity contribution in [1.82, 2.24) is 15.1 Å². The monoisotopic (exact) mass is 353 g/mol. The summed E-state index contributed by atoms with van der Waals surface area (Å²) in [6, 6.07) is 9.00. The molecule has 0 radical (unpaired) electrons. The molecule has 1 amide bonds. The Hall–Kier alpha value is -2.76. The van der Waals surface area contributed by atoms with Crippen LogP contribution in [0.4, 0.5) is 4.39 Å². The zero-order valence-electron chi connectivity index (χ0n) is 14.3. The van der Waals surface area contributed by atoms with E-state index in [9.17, 15) is 14.0 Å². The highest BCUT2D eigenvalue weighted by atomic mass is 19.1. The van der Waals surface area contributed by atoms with Gasteiger partial charge in [0.1, 0.15) is 12.4 Å². The van der Waals surface area contributed by atoms with Crippen molar-refractivity contribution < 1.29 is 9.18 Å². The maximum atomic E-state index is 13.9. The number of amides is 1. The number of nitrogens with one attached hydrogen (secondary N) is 1.